The maximum Gasteiger partial charge on any atom is 0.247 e. The standard InChI is InChI=1S/C19H19N3O2/c1-13-7-6-8-14(2)18(13)20-16(23)11-12-17-21-22-19(24-17)15-9-4-3-5-10-15/h3-10H,11-12H2,1-2H3,(H,20,23). The highest BCUT2D eigenvalue weighted by molar-refractivity contribution is 5.92. The third-order valence-electron chi connectivity index (χ3n) is 3.80. The van der Waals surface area contributed by atoms with E-state index in [1.165, 1.54) is 0 Å². The fourth-order valence-electron chi connectivity index (χ4n) is 2.49. The summed E-state index contributed by atoms with van der Waals surface area (Å²) in [6.07, 6.45) is 0.709. The molecule has 122 valence electrons. The maximum absolute atomic E-state index is 12.2. The Morgan fingerprint density at radius 1 is 1.00 bits per heavy atom. The molecule has 0 radical (unpaired) electrons. The average molecular weight is 321 g/mol. The van der Waals surface area contributed by atoms with Crippen LogP contribution in [0.4, 0.5) is 5.69 Å². The topological polar surface area (TPSA) is 68.0 Å². The number of aromatic nitrogens is 2. The molecule has 1 amide bonds. The van der Waals surface area contributed by atoms with Gasteiger partial charge in [-0.3, -0.25) is 4.79 Å². The smallest absolute Gasteiger partial charge is 0.247 e. The highest BCUT2D eigenvalue weighted by Crippen LogP contribution is 2.20. The molecule has 24 heavy (non-hydrogen) atoms. The fraction of sp³-hybridized carbons (Fsp3) is 0.211. The minimum Gasteiger partial charge on any atom is -0.421 e. The number of carbonyl (C=O) groups excluding carboxylic acids is 1. The zero-order valence-corrected chi connectivity index (χ0v) is 13.7. The fourth-order valence-corrected chi connectivity index (χ4v) is 2.49. The van der Waals surface area contributed by atoms with E-state index in [0.29, 0.717) is 24.6 Å². The third-order valence-corrected chi connectivity index (χ3v) is 3.80. The Labute approximate surface area is 140 Å². The van der Waals surface area contributed by atoms with E-state index < -0.39 is 0 Å². The van der Waals surface area contributed by atoms with E-state index in [1.807, 2.05) is 62.4 Å². The molecule has 2 aromatic carbocycles. The molecule has 5 nitrogen and oxygen atoms in total. The molecule has 0 spiro atoms. The van der Waals surface area contributed by atoms with Gasteiger partial charge in [-0.25, -0.2) is 0 Å². The second kappa shape index (κ2) is 7.08. The van der Waals surface area contributed by atoms with Crippen LogP contribution in [0.5, 0.6) is 0 Å². The maximum atomic E-state index is 12.2. The van der Waals surface area contributed by atoms with E-state index in [-0.39, 0.29) is 5.91 Å². The molecule has 0 aliphatic rings. The zero-order chi connectivity index (χ0) is 16.9. The molecule has 0 atom stereocenters. The summed E-state index contributed by atoms with van der Waals surface area (Å²) in [5, 5.41) is 11.0. The predicted octanol–water partition coefficient (Wildman–Crippen LogP) is 3.92. The number of amides is 1. The molecular formula is C19H19N3O2. The number of benzene rings is 2. The number of para-hydroxylation sites is 1. The third kappa shape index (κ3) is 3.68. The summed E-state index contributed by atoms with van der Waals surface area (Å²) in [5.41, 5.74) is 3.84. The first-order chi connectivity index (χ1) is 11.6. The molecule has 0 saturated carbocycles. The van der Waals surface area contributed by atoms with E-state index in [9.17, 15) is 4.79 Å². The summed E-state index contributed by atoms with van der Waals surface area (Å²) in [6, 6.07) is 15.5. The van der Waals surface area contributed by atoms with Crippen molar-refractivity contribution in [2.24, 2.45) is 0 Å². The van der Waals surface area contributed by atoms with Crippen LogP contribution in [0.25, 0.3) is 11.5 Å². The van der Waals surface area contributed by atoms with Crippen molar-refractivity contribution in [1.82, 2.24) is 10.2 Å². The Morgan fingerprint density at radius 2 is 1.71 bits per heavy atom. The highest BCUT2D eigenvalue weighted by atomic mass is 16.4. The number of rotatable bonds is 5. The van der Waals surface area contributed by atoms with Gasteiger partial charge in [0, 0.05) is 24.1 Å². The van der Waals surface area contributed by atoms with Crippen LogP contribution in [0.2, 0.25) is 0 Å². The normalized spacial score (nSPS) is 10.6. The lowest BCUT2D eigenvalue weighted by Crippen LogP contribution is -2.14. The van der Waals surface area contributed by atoms with Crippen molar-refractivity contribution in [2.75, 3.05) is 5.32 Å². The van der Waals surface area contributed by atoms with Gasteiger partial charge in [0.1, 0.15) is 0 Å². The first kappa shape index (κ1) is 15.9. The molecule has 1 heterocycles. The second-order valence-electron chi connectivity index (χ2n) is 5.68. The molecule has 1 aromatic heterocycles. The van der Waals surface area contributed by atoms with E-state index in [2.05, 4.69) is 15.5 Å². The van der Waals surface area contributed by atoms with E-state index in [0.717, 1.165) is 22.4 Å². The number of hydrogen-bond donors (Lipinski definition) is 1. The summed E-state index contributed by atoms with van der Waals surface area (Å²) in [7, 11) is 0. The molecule has 5 heteroatoms. The van der Waals surface area contributed by atoms with Gasteiger partial charge in [-0.1, -0.05) is 36.4 Å². The largest absolute Gasteiger partial charge is 0.421 e. The van der Waals surface area contributed by atoms with Gasteiger partial charge in [0.15, 0.2) is 0 Å². The Hall–Kier alpha value is -2.95. The lowest BCUT2D eigenvalue weighted by atomic mass is 10.1. The van der Waals surface area contributed by atoms with Crippen molar-refractivity contribution in [1.29, 1.82) is 0 Å². The van der Waals surface area contributed by atoms with Crippen LogP contribution >= 0.6 is 0 Å². The lowest BCUT2D eigenvalue weighted by Gasteiger charge is -2.10. The van der Waals surface area contributed by atoms with Crippen LogP contribution < -0.4 is 5.32 Å². The average Bonchev–Trinajstić information content (AvgIpc) is 3.06. The Balaban J connectivity index is 1.60. The van der Waals surface area contributed by atoms with Gasteiger partial charge in [0.2, 0.25) is 17.7 Å². The van der Waals surface area contributed by atoms with Crippen molar-refractivity contribution >= 4 is 11.6 Å². The Bertz CT molecular complexity index is 821. The SMILES string of the molecule is Cc1cccc(C)c1NC(=O)CCc1nnc(-c2ccccc2)o1. The summed E-state index contributed by atoms with van der Waals surface area (Å²) >= 11 is 0. The van der Waals surface area contributed by atoms with Gasteiger partial charge in [0.25, 0.3) is 0 Å². The molecule has 0 bridgehead atoms. The number of aryl methyl sites for hydroxylation is 3. The first-order valence-corrected chi connectivity index (χ1v) is 7.87. The molecule has 0 aliphatic heterocycles. The molecule has 0 aliphatic carbocycles. The van der Waals surface area contributed by atoms with E-state index in [4.69, 9.17) is 4.42 Å². The van der Waals surface area contributed by atoms with Gasteiger partial charge >= 0.3 is 0 Å². The Kier molecular flexibility index (Phi) is 4.70. The zero-order valence-electron chi connectivity index (χ0n) is 13.7. The first-order valence-electron chi connectivity index (χ1n) is 7.87. The number of hydrogen-bond acceptors (Lipinski definition) is 4. The van der Waals surface area contributed by atoms with Crippen LogP contribution in [0.15, 0.2) is 52.9 Å². The van der Waals surface area contributed by atoms with Crippen LogP contribution in [0, 0.1) is 13.8 Å². The van der Waals surface area contributed by atoms with Crippen LogP contribution in [0.3, 0.4) is 0 Å². The minimum atomic E-state index is -0.0631. The van der Waals surface area contributed by atoms with Crippen molar-refractivity contribution in [2.45, 2.75) is 26.7 Å². The van der Waals surface area contributed by atoms with Crippen molar-refractivity contribution in [3.63, 3.8) is 0 Å². The van der Waals surface area contributed by atoms with Crippen LogP contribution in [-0.4, -0.2) is 16.1 Å². The molecule has 0 fully saturated rings. The van der Waals surface area contributed by atoms with Crippen LogP contribution in [0.1, 0.15) is 23.4 Å². The van der Waals surface area contributed by atoms with Crippen molar-refractivity contribution in [3.05, 3.63) is 65.5 Å². The highest BCUT2D eigenvalue weighted by Gasteiger charge is 2.11. The lowest BCUT2D eigenvalue weighted by molar-refractivity contribution is -0.116. The number of nitrogens with one attached hydrogen (secondary N) is 1. The van der Waals surface area contributed by atoms with Gasteiger partial charge in [0.05, 0.1) is 0 Å². The molecule has 3 rings (SSSR count). The van der Waals surface area contributed by atoms with Gasteiger partial charge in [-0.2, -0.15) is 0 Å². The molecule has 0 unspecified atom stereocenters. The molecule has 1 N–H and O–H groups in total. The predicted molar refractivity (Wildman–Crippen MR) is 92.6 cm³/mol. The molecule has 3 aromatic rings. The Morgan fingerprint density at radius 3 is 2.42 bits per heavy atom. The summed E-state index contributed by atoms with van der Waals surface area (Å²) in [4.78, 5) is 12.2. The molecule has 0 saturated heterocycles. The summed E-state index contributed by atoms with van der Waals surface area (Å²) in [5.74, 6) is 0.873. The van der Waals surface area contributed by atoms with E-state index >= 15 is 0 Å². The van der Waals surface area contributed by atoms with Gasteiger partial charge in [-0.15, -0.1) is 10.2 Å². The minimum absolute atomic E-state index is 0.0631. The second-order valence-corrected chi connectivity index (χ2v) is 5.68. The summed E-state index contributed by atoms with van der Waals surface area (Å²) < 4.78 is 5.62. The monoisotopic (exact) mass is 321 g/mol. The van der Waals surface area contributed by atoms with Crippen molar-refractivity contribution < 1.29 is 9.21 Å². The molecular weight excluding hydrogens is 302 g/mol. The van der Waals surface area contributed by atoms with Crippen LogP contribution in [-0.2, 0) is 11.2 Å². The number of nitrogens with zero attached hydrogens (tertiary/aromatic N) is 2. The number of anilines is 1. The van der Waals surface area contributed by atoms with Gasteiger partial charge < -0.3 is 9.73 Å². The quantitative estimate of drug-likeness (QED) is 0.773. The number of carbonyl (C=O) groups is 1. The van der Waals surface area contributed by atoms with E-state index in [1.54, 1.807) is 0 Å². The van der Waals surface area contributed by atoms with Crippen molar-refractivity contribution in [3.8, 4) is 11.5 Å². The van der Waals surface area contributed by atoms with Gasteiger partial charge in [-0.05, 0) is 37.1 Å². The summed E-state index contributed by atoms with van der Waals surface area (Å²) in [6.45, 7) is 3.96.